The minimum atomic E-state index is -0.0374. The molecule has 0 bridgehead atoms. The van der Waals surface area contributed by atoms with E-state index in [9.17, 15) is 0 Å². The van der Waals surface area contributed by atoms with Crippen molar-refractivity contribution in [1.82, 2.24) is 9.80 Å². The molecule has 1 aliphatic heterocycles. The van der Waals surface area contributed by atoms with Gasteiger partial charge in [0.25, 0.3) is 0 Å². The summed E-state index contributed by atoms with van der Waals surface area (Å²) in [5, 5.41) is 8.77. The highest BCUT2D eigenvalue weighted by Crippen LogP contribution is 2.15. The largest absolute Gasteiger partial charge is 0.395 e. The molecule has 0 aromatic rings. The van der Waals surface area contributed by atoms with Crippen LogP contribution in [0.25, 0.3) is 0 Å². The predicted octanol–water partition coefficient (Wildman–Crippen LogP) is 0.0975. The second kappa shape index (κ2) is 5.71. The fourth-order valence-corrected chi connectivity index (χ4v) is 2.60. The minimum absolute atomic E-state index is 0.0374. The number of rotatable bonds is 4. The summed E-state index contributed by atoms with van der Waals surface area (Å²) < 4.78 is 0. The summed E-state index contributed by atoms with van der Waals surface area (Å²) in [4.78, 5) is 4.80. The van der Waals surface area contributed by atoms with Crippen LogP contribution >= 0.6 is 7.55 Å². The smallest absolute Gasteiger partial charge is 0.159 e. The predicted molar refractivity (Wildman–Crippen MR) is 59.9 cm³/mol. The number of aliphatic hydroxyl groups is 1. The minimum Gasteiger partial charge on any atom is -0.395 e. The molecule has 1 atom stereocenters. The van der Waals surface area contributed by atoms with Gasteiger partial charge in [-0.3, -0.25) is 9.80 Å². The van der Waals surface area contributed by atoms with Crippen molar-refractivity contribution in [2.24, 2.45) is 0 Å². The normalized spacial score (nSPS) is 21.8. The molecule has 0 saturated carbocycles. The summed E-state index contributed by atoms with van der Waals surface area (Å²) >= 11 is 0. The van der Waals surface area contributed by atoms with Gasteiger partial charge in [-0.05, 0) is 0 Å². The fourth-order valence-electron chi connectivity index (χ4n) is 1.64. The Labute approximate surface area is 81.7 Å². The maximum Gasteiger partial charge on any atom is 0.159 e. The lowest BCUT2D eigenvalue weighted by Gasteiger charge is -2.32. The van der Waals surface area contributed by atoms with Gasteiger partial charge in [-0.25, -0.2) is 0 Å². The molecule has 1 saturated heterocycles. The first-order valence-corrected chi connectivity index (χ1v) is 6.95. The third kappa shape index (κ3) is 4.19. The Morgan fingerprint density at radius 1 is 1.23 bits per heavy atom. The van der Waals surface area contributed by atoms with Crippen LogP contribution in [0.2, 0.25) is 0 Å². The first-order valence-electron chi connectivity index (χ1n) is 4.79. The molecule has 0 aliphatic carbocycles. The highest BCUT2D eigenvalue weighted by Gasteiger charge is 2.18. The van der Waals surface area contributed by atoms with Crippen molar-refractivity contribution in [3.8, 4) is 0 Å². The molecule has 13 heavy (non-hydrogen) atoms. The van der Waals surface area contributed by atoms with Crippen LogP contribution in [-0.2, 0) is 0 Å². The highest BCUT2D eigenvalue weighted by molar-refractivity contribution is 7.54. The van der Waals surface area contributed by atoms with Crippen molar-refractivity contribution in [3.63, 3.8) is 0 Å². The SMILES string of the molecule is C=[P+](C)CN1CCN(CCO)CC1. The van der Waals surface area contributed by atoms with Crippen molar-refractivity contribution in [3.05, 3.63) is 0 Å². The van der Waals surface area contributed by atoms with Gasteiger partial charge in [0.05, 0.1) is 27.1 Å². The van der Waals surface area contributed by atoms with Crippen LogP contribution in [-0.4, -0.2) is 73.5 Å². The van der Waals surface area contributed by atoms with Gasteiger partial charge in [-0.1, -0.05) is 0 Å². The van der Waals surface area contributed by atoms with E-state index >= 15 is 0 Å². The molecular formula is C9H20N2OP+. The average Bonchev–Trinajstić information content (AvgIpc) is 2.08. The fraction of sp³-hybridized carbons (Fsp3) is 0.889. The van der Waals surface area contributed by atoms with Crippen LogP contribution in [0.4, 0.5) is 0 Å². The zero-order valence-electron chi connectivity index (χ0n) is 8.45. The molecule has 0 radical (unpaired) electrons. The molecule has 1 unspecified atom stereocenters. The summed E-state index contributed by atoms with van der Waals surface area (Å²) in [5.74, 6) is 0. The lowest BCUT2D eigenvalue weighted by molar-refractivity contribution is 0.124. The molecule has 1 aliphatic rings. The Balaban J connectivity index is 2.18. The van der Waals surface area contributed by atoms with Crippen molar-refractivity contribution < 1.29 is 5.11 Å². The van der Waals surface area contributed by atoms with Crippen LogP contribution < -0.4 is 0 Å². The first-order chi connectivity index (χ1) is 6.22. The molecule has 0 spiro atoms. The topological polar surface area (TPSA) is 26.7 Å². The van der Waals surface area contributed by atoms with Crippen molar-refractivity contribution in [1.29, 1.82) is 0 Å². The van der Waals surface area contributed by atoms with E-state index in [0.29, 0.717) is 0 Å². The number of aliphatic hydroxyl groups excluding tert-OH is 1. The Bertz CT molecular complexity index is 167. The first kappa shape index (κ1) is 11.1. The van der Waals surface area contributed by atoms with E-state index < -0.39 is 0 Å². The van der Waals surface area contributed by atoms with Crippen LogP contribution in [0.15, 0.2) is 0 Å². The third-order valence-corrected chi connectivity index (χ3v) is 3.21. The van der Waals surface area contributed by atoms with Crippen molar-refractivity contribution >= 4 is 13.8 Å². The second-order valence-electron chi connectivity index (χ2n) is 3.68. The van der Waals surface area contributed by atoms with Gasteiger partial charge in [-0.15, -0.1) is 0 Å². The molecule has 1 fully saturated rings. The maximum absolute atomic E-state index is 8.77. The van der Waals surface area contributed by atoms with Gasteiger partial charge < -0.3 is 5.11 Å². The Kier molecular flexibility index (Phi) is 4.89. The lowest BCUT2D eigenvalue weighted by atomic mass is 10.3. The van der Waals surface area contributed by atoms with Gasteiger partial charge in [-0.2, -0.15) is 0 Å². The van der Waals surface area contributed by atoms with E-state index in [0.717, 1.165) is 32.7 Å². The zero-order chi connectivity index (χ0) is 9.68. The molecule has 0 amide bonds. The van der Waals surface area contributed by atoms with Crippen LogP contribution in [0.5, 0.6) is 0 Å². The van der Waals surface area contributed by atoms with E-state index in [1.165, 1.54) is 6.29 Å². The zero-order valence-corrected chi connectivity index (χ0v) is 9.34. The van der Waals surface area contributed by atoms with Gasteiger partial charge in [0.15, 0.2) is 6.29 Å². The summed E-state index contributed by atoms with van der Waals surface area (Å²) in [7, 11) is -0.0374. The molecule has 0 aromatic heterocycles. The van der Waals surface area contributed by atoms with Gasteiger partial charge in [0.1, 0.15) is 0 Å². The number of nitrogens with zero attached hydrogens (tertiary/aromatic N) is 2. The van der Waals surface area contributed by atoms with Crippen molar-refractivity contribution in [2.75, 3.05) is 52.3 Å². The standard InChI is InChI=1S/C9H20N2OP/c1-13(2)9-11-5-3-10(4-6-11)7-8-12/h12H,1,3-9H2,2H3/q+1. The number of piperazine rings is 1. The summed E-state index contributed by atoms with van der Waals surface area (Å²) in [6.45, 7) is 7.82. The molecule has 1 N–H and O–H groups in total. The molecule has 3 nitrogen and oxygen atoms in total. The van der Waals surface area contributed by atoms with Gasteiger partial charge in [0.2, 0.25) is 0 Å². The Hall–Kier alpha value is 0.0500. The van der Waals surface area contributed by atoms with Crippen LogP contribution in [0, 0.1) is 0 Å². The molecule has 1 heterocycles. The number of β-amino-alcohol motifs (C(OH)–C–C–N with tert-alkyl or cyclic N) is 1. The third-order valence-electron chi connectivity index (χ3n) is 2.32. The molecule has 76 valence electrons. The second-order valence-corrected chi connectivity index (χ2v) is 5.68. The van der Waals surface area contributed by atoms with Crippen molar-refractivity contribution in [2.45, 2.75) is 0 Å². The summed E-state index contributed by atoms with van der Waals surface area (Å²) in [6, 6.07) is 0. The summed E-state index contributed by atoms with van der Waals surface area (Å²) in [5.41, 5.74) is 0. The number of hydrogen-bond donors (Lipinski definition) is 1. The number of hydrogen-bond acceptors (Lipinski definition) is 3. The molecule has 0 aromatic carbocycles. The van der Waals surface area contributed by atoms with Crippen LogP contribution in [0.1, 0.15) is 0 Å². The Morgan fingerprint density at radius 3 is 2.23 bits per heavy atom. The van der Waals surface area contributed by atoms with Gasteiger partial charge in [0, 0.05) is 32.7 Å². The Morgan fingerprint density at radius 2 is 1.77 bits per heavy atom. The average molecular weight is 203 g/mol. The van der Waals surface area contributed by atoms with E-state index in [2.05, 4.69) is 22.8 Å². The van der Waals surface area contributed by atoms with E-state index in [1.807, 2.05) is 0 Å². The quantitative estimate of drug-likeness (QED) is 0.656. The lowest BCUT2D eigenvalue weighted by Crippen LogP contribution is -2.46. The monoisotopic (exact) mass is 203 g/mol. The van der Waals surface area contributed by atoms with E-state index in [1.54, 1.807) is 0 Å². The maximum atomic E-state index is 8.77. The molecular weight excluding hydrogens is 183 g/mol. The summed E-state index contributed by atoms with van der Waals surface area (Å²) in [6.07, 6.45) is 5.23. The molecule has 1 rings (SSSR count). The van der Waals surface area contributed by atoms with Gasteiger partial charge >= 0.3 is 0 Å². The van der Waals surface area contributed by atoms with E-state index in [-0.39, 0.29) is 14.2 Å². The highest BCUT2D eigenvalue weighted by atomic mass is 31.1. The molecule has 4 heteroatoms. The van der Waals surface area contributed by atoms with E-state index in [4.69, 9.17) is 5.11 Å². The van der Waals surface area contributed by atoms with Crippen LogP contribution in [0.3, 0.4) is 0 Å².